The molecule has 0 aromatic heterocycles. The first kappa shape index (κ1) is 11.0. The van der Waals surface area contributed by atoms with E-state index in [9.17, 15) is 0 Å². The molecule has 0 aromatic rings. The lowest BCUT2D eigenvalue weighted by atomic mass is 9.86. The molecule has 16 heavy (non-hydrogen) atoms. The monoisotopic (exact) mass is 222 g/mol. The van der Waals surface area contributed by atoms with E-state index in [4.69, 9.17) is 0 Å². The van der Waals surface area contributed by atoms with Gasteiger partial charge >= 0.3 is 0 Å². The first-order valence-corrected chi connectivity index (χ1v) is 7.29. The fraction of sp³-hybridized carbons (Fsp3) is 1.00. The minimum Gasteiger partial charge on any atom is -0.316 e. The second kappa shape index (κ2) is 4.66. The van der Waals surface area contributed by atoms with Gasteiger partial charge in [-0.15, -0.1) is 0 Å². The van der Waals surface area contributed by atoms with E-state index in [2.05, 4.69) is 10.2 Å². The Morgan fingerprint density at radius 1 is 1.19 bits per heavy atom. The average molecular weight is 222 g/mol. The van der Waals surface area contributed by atoms with Crippen LogP contribution in [0.25, 0.3) is 0 Å². The lowest BCUT2D eigenvalue weighted by molar-refractivity contribution is 0.257. The summed E-state index contributed by atoms with van der Waals surface area (Å²) in [6.45, 7) is 6.68. The second-order valence-corrected chi connectivity index (χ2v) is 6.39. The number of rotatable bonds is 3. The minimum absolute atomic E-state index is 0.676. The predicted molar refractivity (Wildman–Crippen MR) is 67.6 cm³/mol. The van der Waals surface area contributed by atoms with Gasteiger partial charge in [-0.1, -0.05) is 25.7 Å². The summed E-state index contributed by atoms with van der Waals surface area (Å²) in [5.41, 5.74) is 0.676. The Morgan fingerprint density at radius 3 is 2.81 bits per heavy atom. The van der Waals surface area contributed by atoms with Crippen LogP contribution in [0.3, 0.4) is 0 Å². The maximum absolute atomic E-state index is 3.55. The van der Waals surface area contributed by atoms with Gasteiger partial charge in [-0.25, -0.2) is 0 Å². The van der Waals surface area contributed by atoms with E-state index in [1.165, 1.54) is 77.7 Å². The van der Waals surface area contributed by atoms with Crippen molar-refractivity contribution in [3.05, 3.63) is 0 Å². The molecule has 0 radical (unpaired) electrons. The molecular weight excluding hydrogens is 196 g/mol. The molecule has 0 aromatic carbocycles. The summed E-state index contributed by atoms with van der Waals surface area (Å²) in [4.78, 5) is 2.74. The fourth-order valence-electron chi connectivity index (χ4n) is 4.03. The van der Waals surface area contributed by atoms with Gasteiger partial charge in [0.25, 0.3) is 0 Å². The lowest BCUT2D eigenvalue weighted by Gasteiger charge is -2.23. The molecule has 3 fully saturated rings. The zero-order valence-electron chi connectivity index (χ0n) is 10.5. The van der Waals surface area contributed by atoms with E-state index in [1.807, 2.05) is 0 Å². The van der Waals surface area contributed by atoms with Crippen LogP contribution in [0, 0.1) is 11.3 Å². The summed E-state index contributed by atoms with van der Waals surface area (Å²) in [6.07, 6.45) is 10.4. The quantitative estimate of drug-likeness (QED) is 0.788. The van der Waals surface area contributed by atoms with Crippen LogP contribution in [-0.4, -0.2) is 37.6 Å². The molecular formula is C14H26N2. The number of hydrogen-bond donors (Lipinski definition) is 1. The number of hydrogen-bond acceptors (Lipinski definition) is 2. The lowest BCUT2D eigenvalue weighted by Crippen LogP contribution is -2.30. The maximum atomic E-state index is 3.55. The highest BCUT2D eigenvalue weighted by Crippen LogP contribution is 2.36. The molecule has 1 saturated carbocycles. The largest absolute Gasteiger partial charge is 0.316 e. The third-order valence-corrected chi connectivity index (χ3v) is 5.18. The summed E-state index contributed by atoms with van der Waals surface area (Å²) in [7, 11) is 0. The molecule has 3 aliphatic rings. The van der Waals surface area contributed by atoms with Crippen LogP contribution in [-0.2, 0) is 0 Å². The Kier molecular flexibility index (Phi) is 3.21. The molecule has 2 heteroatoms. The maximum Gasteiger partial charge on any atom is 0.00511 e. The van der Waals surface area contributed by atoms with E-state index in [0.717, 1.165) is 5.92 Å². The van der Waals surface area contributed by atoms with Crippen LogP contribution >= 0.6 is 0 Å². The van der Waals surface area contributed by atoms with Crippen molar-refractivity contribution < 1.29 is 0 Å². The Labute approximate surface area is 99.8 Å². The first-order chi connectivity index (χ1) is 7.86. The summed E-state index contributed by atoms with van der Waals surface area (Å²) >= 11 is 0. The topological polar surface area (TPSA) is 15.3 Å². The molecule has 2 nitrogen and oxygen atoms in total. The SMILES string of the molecule is C1CCC(CCN2CCC3(CCNC3)C2)C1. The van der Waals surface area contributed by atoms with Gasteiger partial charge in [0.15, 0.2) is 0 Å². The first-order valence-electron chi connectivity index (χ1n) is 7.29. The van der Waals surface area contributed by atoms with Gasteiger partial charge < -0.3 is 10.2 Å². The van der Waals surface area contributed by atoms with Crippen molar-refractivity contribution >= 4 is 0 Å². The van der Waals surface area contributed by atoms with Crippen LogP contribution in [0.4, 0.5) is 0 Å². The van der Waals surface area contributed by atoms with Crippen molar-refractivity contribution in [2.24, 2.45) is 11.3 Å². The highest BCUT2D eigenvalue weighted by Gasteiger charge is 2.39. The van der Waals surface area contributed by atoms with Crippen LogP contribution in [0.2, 0.25) is 0 Å². The zero-order valence-corrected chi connectivity index (χ0v) is 10.5. The Morgan fingerprint density at radius 2 is 2.06 bits per heavy atom. The molecule has 1 aliphatic carbocycles. The molecule has 1 unspecified atom stereocenters. The molecule has 1 atom stereocenters. The molecule has 2 saturated heterocycles. The van der Waals surface area contributed by atoms with Crippen LogP contribution < -0.4 is 5.32 Å². The van der Waals surface area contributed by atoms with E-state index >= 15 is 0 Å². The van der Waals surface area contributed by atoms with Crippen molar-refractivity contribution in [3.63, 3.8) is 0 Å². The van der Waals surface area contributed by atoms with E-state index in [-0.39, 0.29) is 0 Å². The van der Waals surface area contributed by atoms with Gasteiger partial charge in [0, 0.05) is 13.1 Å². The number of likely N-dealkylation sites (tertiary alicyclic amines) is 1. The molecule has 2 heterocycles. The molecule has 1 spiro atoms. The van der Waals surface area contributed by atoms with Crippen molar-refractivity contribution in [1.82, 2.24) is 10.2 Å². The predicted octanol–water partition coefficient (Wildman–Crippen LogP) is 2.25. The van der Waals surface area contributed by atoms with Gasteiger partial charge in [0.2, 0.25) is 0 Å². The third-order valence-electron chi connectivity index (χ3n) is 5.18. The Balaban J connectivity index is 1.43. The molecule has 92 valence electrons. The van der Waals surface area contributed by atoms with E-state index in [0.29, 0.717) is 5.41 Å². The molecule has 0 amide bonds. The Hall–Kier alpha value is -0.0800. The third kappa shape index (κ3) is 2.28. The molecule has 2 aliphatic heterocycles. The van der Waals surface area contributed by atoms with E-state index < -0.39 is 0 Å². The van der Waals surface area contributed by atoms with E-state index in [1.54, 1.807) is 0 Å². The summed E-state index contributed by atoms with van der Waals surface area (Å²) < 4.78 is 0. The van der Waals surface area contributed by atoms with Crippen molar-refractivity contribution in [2.45, 2.75) is 44.9 Å². The zero-order chi connectivity index (χ0) is 10.8. The van der Waals surface area contributed by atoms with Gasteiger partial charge in [-0.3, -0.25) is 0 Å². The molecule has 1 N–H and O–H groups in total. The fourth-order valence-corrected chi connectivity index (χ4v) is 4.03. The van der Waals surface area contributed by atoms with Gasteiger partial charge in [-0.05, 0) is 50.2 Å². The van der Waals surface area contributed by atoms with Gasteiger partial charge in [0.1, 0.15) is 0 Å². The Bertz CT molecular complexity index is 227. The van der Waals surface area contributed by atoms with Crippen LogP contribution in [0.15, 0.2) is 0 Å². The molecule has 3 rings (SSSR count). The summed E-state index contributed by atoms with van der Waals surface area (Å²) in [6, 6.07) is 0. The summed E-state index contributed by atoms with van der Waals surface area (Å²) in [5, 5.41) is 3.55. The van der Waals surface area contributed by atoms with Crippen LogP contribution in [0.1, 0.15) is 44.9 Å². The van der Waals surface area contributed by atoms with Crippen molar-refractivity contribution in [3.8, 4) is 0 Å². The minimum atomic E-state index is 0.676. The second-order valence-electron chi connectivity index (χ2n) is 6.39. The standard InChI is InChI=1S/C14H26N2/c1-2-4-13(3-1)5-9-16-10-7-14(12-16)6-8-15-11-14/h13,15H,1-12H2. The van der Waals surface area contributed by atoms with Crippen molar-refractivity contribution in [1.29, 1.82) is 0 Å². The van der Waals surface area contributed by atoms with Crippen LogP contribution in [0.5, 0.6) is 0 Å². The number of nitrogens with zero attached hydrogens (tertiary/aromatic N) is 1. The average Bonchev–Trinajstić information content (AvgIpc) is 3.01. The van der Waals surface area contributed by atoms with Gasteiger partial charge in [-0.2, -0.15) is 0 Å². The highest BCUT2D eigenvalue weighted by molar-refractivity contribution is 4.95. The smallest absolute Gasteiger partial charge is 0.00511 e. The highest BCUT2D eigenvalue weighted by atomic mass is 15.2. The van der Waals surface area contributed by atoms with Crippen molar-refractivity contribution in [2.75, 3.05) is 32.7 Å². The molecule has 0 bridgehead atoms. The normalized spacial score (nSPS) is 36.8. The number of nitrogens with one attached hydrogen (secondary N) is 1. The van der Waals surface area contributed by atoms with Gasteiger partial charge in [0.05, 0.1) is 0 Å². The summed E-state index contributed by atoms with van der Waals surface area (Å²) in [5.74, 6) is 1.07.